The molecule has 2 aromatic rings. The Morgan fingerprint density at radius 1 is 1.20 bits per heavy atom. The first-order chi connectivity index (χ1) is 12.0. The third kappa shape index (κ3) is 3.28. The van der Waals surface area contributed by atoms with Crippen molar-refractivity contribution in [2.45, 2.75) is 19.4 Å². The van der Waals surface area contributed by atoms with Crippen LogP contribution < -0.4 is 0 Å². The molecule has 25 heavy (non-hydrogen) atoms. The third-order valence-corrected chi connectivity index (χ3v) is 4.27. The number of hydrogen-bond acceptors (Lipinski definition) is 3. The van der Waals surface area contributed by atoms with E-state index in [1.165, 1.54) is 36.4 Å². The molecular weight excluding hydrogens is 323 g/mol. The summed E-state index contributed by atoms with van der Waals surface area (Å²) in [5.74, 6) is -1.56. The molecule has 6 heteroatoms. The molecule has 0 spiro atoms. The average Bonchev–Trinajstić information content (AvgIpc) is 2.98. The topological polar surface area (TPSA) is 70.0 Å². The molecule has 1 heterocycles. The number of carboxylic acid groups (broad SMARTS) is 1. The van der Waals surface area contributed by atoms with E-state index < -0.39 is 5.97 Å². The van der Waals surface area contributed by atoms with E-state index in [0.717, 1.165) is 5.56 Å². The van der Waals surface area contributed by atoms with Gasteiger partial charge >= 0.3 is 5.97 Å². The van der Waals surface area contributed by atoms with Crippen LogP contribution in [0.1, 0.15) is 40.9 Å². The molecule has 1 N–H and O–H groups in total. The Kier molecular flexibility index (Phi) is 4.61. The highest BCUT2D eigenvalue weighted by atomic mass is 19.1. The lowest BCUT2D eigenvalue weighted by molar-refractivity contribution is -0.125. The Morgan fingerprint density at radius 3 is 2.40 bits per heavy atom. The Labute approximate surface area is 144 Å². The number of aliphatic imine (C=N–C) groups is 1. The minimum Gasteiger partial charge on any atom is -0.478 e. The maximum atomic E-state index is 13.1. The van der Waals surface area contributed by atoms with Crippen molar-refractivity contribution >= 4 is 17.6 Å². The maximum absolute atomic E-state index is 13.1. The zero-order chi connectivity index (χ0) is 18.0. The van der Waals surface area contributed by atoms with Crippen molar-refractivity contribution in [1.29, 1.82) is 0 Å². The Bertz CT molecular complexity index is 829. The molecule has 1 amide bonds. The zero-order valence-electron chi connectivity index (χ0n) is 13.6. The minimum atomic E-state index is -0.987. The molecule has 0 aliphatic carbocycles. The third-order valence-electron chi connectivity index (χ3n) is 4.27. The highest BCUT2D eigenvalue weighted by Gasteiger charge is 2.32. The predicted molar refractivity (Wildman–Crippen MR) is 91.1 cm³/mol. The number of halogens is 1. The van der Waals surface area contributed by atoms with Gasteiger partial charge in [-0.3, -0.25) is 9.79 Å². The standard InChI is InChI=1S/C19H17FN2O3/c1-2-16(12-3-5-14(6-4-12)19(24)25)22-11-21-17(18(22)23)13-7-9-15(20)10-8-13/h3-10,16H,2,11H2,1H3,(H,24,25). The van der Waals surface area contributed by atoms with Gasteiger partial charge in [0, 0.05) is 5.56 Å². The summed E-state index contributed by atoms with van der Waals surface area (Å²) in [4.78, 5) is 29.7. The minimum absolute atomic E-state index is 0.197. The van der Waals surface area contributed by atoms with Crippen LogP contribution in [0.2, 0.25) is 0 Å². The van der Waals surface area contributed by atoms with E-state index >= 15 is 0 Å². The monoisotopic (exact) mass is 340 g/mol. The fourth-order valence-corrected chi connectivity index (χ4v) is 2.96. The van der Waals surface area contributed by atoms with Crippen LogP contribution >= 0.6 is 0 Å². The van der Waals surface area contributed by atoms with E-state index in [1.54, 1.807) is 17.0 Å². The lowest BCUT2D eigenvalue weighted by atomic mass is 10.0. The predicted octanol–water partition coefficient (Wildman–Crippen LogP) is 3.26. The fourth-order valence-electron chi connectivity index (χ4n) is 2.96. The summed E-state index contributed by atoms with van der Waals surface area (Å²) in [5, 5.41) is 9.00. The lowest BCUT2D eigenvalue weighted by Crippen LogP contribution is -2.34. The first-order valence-corrected chi connectivity index (χ1v) is 7.96. The van der Waals surface area contributed by atoms with Gasteiger partial charge in [0.25, 0.3) is 5.91 Å². The molecule has 128 valence electrons. The van der Waals surface area contributed by atoms with E-state index in [9.17, 15) is 14.0 Å². The number of carbonyl (C=O) groups is 2. The van der Waals surface area contributed by atoms with Crippen molar-refractivity contribution in [1.82, 2.24) is 4.90 Å². The smallest absolute Gasteiger partial charge is 0.335 e. The Morgan fingerprint density at radius 2 is 1.84 bits per heavy atom. The van der Waals surface area contributed by atoms with Gasteiger partial charge in [0.15, 0.2) is 0 Å². The molecule has 0 fully saturated rings. The van der Waals surface area contributed by atoms with Gasteiger partial charge in [-0.05, 0) is 48.4 Å². The van der Waals surface area contributed by atoms with Crippen LogP contribution in [0.4, 0.5) is 4.39 Å². The highest BCUT2D eigenvalue weighted by Crippen LogP contribution is 2.28. The molecule has 0 saturated carbocycles. The van der Waals surface area contributed by atoms with Crippen LogP contribution in [0.25, 0.3) is 0 Å². The summed E-state index contributed by atoms with van der Waals surface area (Å²) >= 11 is 0. The molecule has 1 atom stereocenters. The van der Waals surface area contributed by atoms with Gasteiger partial charge in [-0.15, -0.1) is 0 Å². The summed E-state index contributed by atoms with van der Waals surface area (Å²) in [6, 6.07) is 12.0. The number of amides is 1. The Hall–Kier alpha value is -3.02. The lowest BCUT2D eigenvalue weighted by Gasteiger charge is -2.26. The van der Waals surface area contributed by atoms with E-state index in [0.29, 0.717) is 17.7 Å². The number of aromatic carboxylic acids is 1. The van der Waals surface area contributed by atoms with E-state index in [-0.39, 0.29) is 30.0 Å². The van der Waals surface area contributed by atoms with Crippen LogP contribution in [-0.2, 0) is 4.79 Å². The van der Waals surface area contributed by atoms with Gasteiger partial charge in [-0.1, -0.05) is 19.1 Å². The van der Waals surface area contributed by atoms with Gasteiger partial charge < -0.3 is 10.0 Å². The second-order valence-corrected chi connectivity index (χ2v) is 5.78. The number of nitrogens with zero attached hydrogens (tertiary/aromatic N) is 2. The number of benzene rings is 2. The van der Waals surface area contributed by atoms with E-state index in [2.05, 4.69) is 4.99 Å². The van der Waals surface area contributed by atoms with E-state index in [4.69, 9.17) is 5.11 Å². The molecule has 0 radical (unpaired) electrons. The highest BCUT2D eigenvalue weighted by molar-refractivity contribution is 6.46. The second kappa shape index (κ2) is 6.84. The maximum Gasteiger partial charge on any atom is 0.335 e. The van der Waals surface area contributed by atoms with Crippen LogP contribution in [0, 0.1) is 5.82 Å². The normalized spacial score (nSPS) is 15.2. The van der Waals surface area contributed by atoms with Crippen LogP contribution in [0.3, 0.4) is 0 Å². The second-order valence-electron chi connectivity index (χ2n) is 5.78. The van der Waals surface area contributed by atoms with Crippen molar-refractivity contribution in [3.63, 3.8) is 0 Å². The SMILES string of the molecule is CCC(c1ccc(C(=O)O)cc1)N1CN=C(c2ccc(F)cc2)C1=O. The zero-order valence-corrected chi connectivity index (χ0v) is 13.6. The number of hydrogen-bond donors (Lipinski definition) is 1. The first kappa shape index (κ1) is 16.8. The summed E-state index contributed by atoms with van der Waals surface area (Å²) in [6.07, 6.45) is 0.671. The average molecular weight is 340 g/mol. The van der Waals surface area contributed by atoms with Gasteiger partial charge in [0.2, 0.25) is 0 Å². The summed E-state index contributed by atoms with van der Waals surface area (Å²) in [6.45, 7) is 2.18. The molecule has 2 aromatic carbocycles. The van der Waals surface area contributed by atoms with Crippen molar-refractivity contribution < 1.29 is 19.1 Å². The summed E-state index contributed by atoms with van der Waals surface area (Å²) in [7, 11) is 0. The molecule has 5 nitrogen and oxygen atoms in total. The summed E-state index contributed by atoms with van der Waals surface area (Å²) in [5.41, 5.74) is 1.97. The molecular formula is C19H17FN2O3. The van der Waals surface area contributed by atoms with E-state index in [1.807, 2.05) is 6.92 Å². The van der Waals surface area contributed by atoms with Gasteiger partial charge in [0.05, 0.1) is 11.6 Å². The Balaban J connectivity index is 1.82. The quantitative estimate of drug-likeness (QED) is 0.908. The molecule has 1 aliphatic rings. The van der Waals surface area contributed by atoms with Crippen molar-refractivity contribution in [2.75, 3.05) is 6.67 Å². The number of carbonyl (C=O) groups excluding carboxylic acids is 1. The molecule has 0 saturated heterocycles. The van der Waals surface area contributed by atoms with Gasteiger partial charge in [0.1, 0.15) is 18.2 Å². The molecule has 0 bridgehead atoms. The number of carboxylic acids is 1. The summed E-state index contributed by atoms with van der Waals surface area (Å²) < 4.78 is 13.1. The molecule has 0 aromatic heterocycles. The first-order valence-electron chi connectivity index (χ1n) is 7.96. The van der Waals surface area contributed by atoms with Crippen molar-refractivity contribution in [3.05, 3.63) is 71.0 Å². The molecule has 1 unspecified atom stereocenters. The van der Waals surface area contributed by atoms with Gasteiger partial charge in [-0.25, -0.2) is 9.18 Å². The van der Waals surface area contributed by atoms with Crippen LogP contribution in [0.15, 0.2) is 53.5 Å². The van der Waals surface area contributed by atoms with Gasteiger partial charge in [-0.2, -0.15) is 0 Å². The largest absolute Gasteiger partial charge is 0.478 e. The van der Waals surface area contributed by atoms with Crippen LogP contribution in [0.5, 0.6) is 0 Å². The van der Waals surface area contributed by atoms with Crippen molar-refractivity contribution in [2.24, 2.45) is 4.99 Å². The fraction of sp³-hybridized carbons (Fsp3) is 0.211. The van der Waals surface area contributed by atoms with Crippen LogP contribution in [-0.4, -0.2) is 34.3 Å². The molecule has 3 rings (SSSR count). The molecule has 1 aliphatic heterocycles. The number of rotatable bonds is 5. The van der Waals surface area contributed by atoms with Crippen molar-refractivity contribution in [3.8, 4) is 0 Å².